The predicted octanol–water partition coefficient (Wildman–Crippen LogP) is 6.24. The average molecular weight is 432 g/mol. The zero-order valence-electron chi connectivity index (χ0n) is 17.5. The molecule has 0 saturated heterocycles. The quantitative estimate of drug-likeness (QED) is 0.393. The lowest BCUT2D eigenvalue weighted by Crippen LogP contribution is -2.35. The van der Waals surface area contributed by atoms with Crippen molar-refractivity contribution in [3.05, 3.63) is 70.9 Å². The summed E-state index contributed by atoms with van der Waals surface area (Å²) in [6, 6.07) is 16.8. The van der Waals surface area contributed by atoms with E-state index >= 15 is 0 Å². The smallest absolute Gasteiger partial charge is 0.248 e. The summed E-state index contributed by atoms with van der Waals surface area (Å²) in [5, 5.41) is 4.08. The number of halogens is 1. The number of anilines is 2. The molecular formula is C26H26ClN3O. The van der Waals surface area contributed by atoms with Crippen LogP contribution in [0.3, 0.4) is 0 Å². The van der Waals surface area contributed by atoms with Crippen LogP contribution in [-0.2, 0) is 11.2 Å². The van der Waals surface area contributed by atoms with Gasteiger partial charge in [0.15, 0.2) is 5.15 Å². The molecule has 1 aliphatic carbocycles. The standard InChI is InChI=1S/C26H26ClN3O/c27-26-23(17-19-6-4-5-9-22(19)29-26)28-25(31)13-11-18-10-12-24-20(16-18)14-15-30(24)21-7-2-1-3-8-21/h4-6,9-13,16-17,21H,1-3,7-8,14-15H2,(H,28,31). The van der Waals surface area contributed by atoms with Gasteiger partial charge >= 0.3 is 0 Å². The number of benzene rings is 2. The minimum absolute atomic E-state index is 0.219. The van der Waals surface area contributed by atoms with Gasteiger partial charge in [0.2, 0.25) is 5.91 Å². The van der Waals surface area contributed by atoms with E-state index in [0.29, 0.717) is 16.9 Å². The summed E-state index contributed by atoms with van der Waals surface area (Å²) in [5.74, 6) is -0.219. The average Bonchev–Trinajstić information content (AvgIpc) is 3.22. The summed E-state index contributed by atoms with van der Waals surface area (Å²) in [5.41, 5.74) is 5.13. The number of hydrogen-bond donors (Lipinski definition) is 1. The summed E-state index contributed by atoms with van der Waals surface area (Å²) >= 11 is 6.25. The van der Waals surface area contributed by atoms with Gasteiger partial charge in [0.25, 0.3) is 0 Å². The van der Waals surface area contributed by atoms with E-state index in [-0.39, 0.29) is 5.91 Å². The maximum absolute atomic E-state index is 12.5. The molecule has 0 radical (unpaired) electrons. The van der Waals surface area contributed by atoms with Crippen LogP contribution in [0.1, 0.15) is 43.2 Å². The molecule has 2 aromatic carbocycles. The summed E-state index contributed by atoms with van der Waals surface area (Å²) < 4.78 is 0. The Hall–Kier alpha value is -2.85. The lowest BCUT2D eigenvalue weighted by atomic mass is 9.94. The number of amides is 1. The molecule has 0 unspecified atom stereocenters. The molecule has 0 spiro atoms. The minimum atomic E-state index is -0.219. The second-order valence-corrected chi connectivity index (χ2v) is 8.82. The van der Waals surface area contributed by atoms with E-state index in [1.54, 1.807) is 6.08 Å². The monoisotopic (exact) mass is 431 g/mol. The Bertz CT molecular complexity index is 1150. The van der Waals surface area contributed by atoms with Crippen molar-refractivity contribution in [3.63, 3.8) is 0 Å². The Labute approximate surface area is 187 Å². The van der Waals surface area contributed by atoms with E-state index < -0.39 is 0 Å². The molecule has 4 nitrogen and oxygen atoms in total. The number of aromatic nitrogens is 1. The first-order valence-corrected chi connectivity index (χ1v) is 11.5. The van der Waals surface area contributed by atoms with E-state index in [2.05, 4.69) is 33.4 Å². The molecule has 158 valence electrons. The second kappa shape index (κ2) is 8.72. The number of carbonyl (C=O) groups excluding carboxylic acids is 1. The Balaban J connectivity index is 1.28. The molecule has 0 bridgehead atoms. The molecule has 1 aromatic heterocycles. The SMILES string of the molecule is O=C(C=Cc1ccc2c(c1)CCN2C1CCCCC1)Nc1cc2ccccc2nc1Cl. The summed E-state index contributed by atoms with van der Waals surface area (Å²) in [6.07, 6.45) is 11.2. The highest BCUT2D eigenvalue weighted by Crippen LogP contribution is 2.35. The van der Waals surface area contributed by atoms with Crippen LogP contribution < -0.4 is 10.2 Å². The van der Waals surface area contributed by atoms with Crippen molar-refractivity contribution in [2.24, 2.45) is 0 Å². The molecule has 1 amide bonds. The van der Waals surface area contributed by atoms with Crippen molar-refractivity contribution in [3.8, 4) is 0 Å². The molecule has 1 fully saturated rings. The van der Waals surface area contributed by atoms with Crippen LogP contribution >= 0.6 is 11.6 Å². The highest BCUT2D eigenvalue weighted by atomic mass is 35.5. The van der Waals surface area contributed by atoms with Crippen LogP contribution in [0, 0.1) is 0 Å². The first-order chi connectivity index (χ1) is 15.2. The van der Waals surface area contributed by atoms with Gasteiger partial charge in [0.05, 0.1) is 11.2 Å². The summed E-state index contributed by atoms with van der Waals surface area (Å²) in [4.78, 5) is 19.4. The molecule has 1 aliphatic heterocycles. The van der Waals surface area contributed by atoms with Crippen molar-refractivity contribution < 1.29 is 4.79 Å². The third-order valence-electron chi connectivity index (χ3n) is 6.41. The van der Waals surface area contributed by atoms with Crippen LogP contribution in [0.15, 0.2) is 54.6 Å². The van der Waals surface area contributed by atoms with Gasteiger partial charge in [0.1, 0.15) is 0 Å². The van der Waals surface area contributed by atoms with Crippen molar-refractivity contribution in [2.45, 2.75) is 44.6 Å². The second-order valence-electron chi connectivity index (χ2n) is 8.47. The first-order valence-electron chi connectivity index (χ1n) is 11.1. The van der Waals surface area contributed by atoms with Crippen LogP contribution in [0.5, 0.6) is 0 Å². The lowest BCUT2D eigenvalue weighted by molar-refractivity contribution is -0.111. The molecule has 1 N–H and O–H groups in total. The molecule has 2 aliphatic rings. The molecule has 1 saturated carbocycles. The molecule has 0 atom stereocenters. The van der Waals surface area contributed by atoms with Gasteiger partial charge in [-0.2, -0.15) is 0 Å². The van der Waals surface area contributed by atoms with E-state index in [4.69, 9.17) is 11.6 Å². The topological polar surface area (TPSA) is 45.2 Å². The summed E-state index contributed by atoms with van der Waals surface area (Å²) in [7, 11) is 0. The lowest BCUT2D eigenvalue weighted by Gasteiger charge is -2.33. The fraction of sp³-hybridized carbons (Fsp3) is 0.308. The molecular weight excluding hydrogens is 406 g/mol. The highest BCUT2D eigenvalue weighted by molar-refractivity contribution is 6.33. The Morgan fingerprint density at radius 1 is 1.10 bits per heavy atom. The minimum Gasteiger partial charge on any atom is -0.368 e. The maximum atomic E-state index is 12.5. The van der Waals surface area contributed by atoms with Gasteiger partial charge in [-0.05, 0) is 60.7 Å². The molecule has 2 heterocycles. The normalized spacial score (nSPS) is 16.7. The van der Waals surface area contributed by atoms with Crippen molar-refractivity contribution in [2.75, 3.05) is 16.8 Å². The van der Waals surface area contributed by atoms with Gasteiger partial charge in [-0.3, -0.25) is 4.79 Å². The number of rotatable bonds is 4. The van der Waals surface area contributed by atoms with Gasteiger partial charge in [-0.25, -0.2) is 4.98 Å². The number of carbonyl (C=O) groups is 1. The van der Waals surface area contributed by atoms with E-state index in [1.165, 1.54) is 43.4 Å². The van der Waals surface area contributed by atoms with E-state index in [9.17, 15) is 4.79 Å². The molecule has 5 heteroatoms. The fourth-order valence-electron chi connectivity index (χ4n) is 4.85. The van der Waals surface area contributed by atoms with Gasteiger partial charge in [0, 0.05) is 29.7 Å². The third kappa shape index (κ3) is 4.31. The largest absolute Gasteiger partial charge is 0.368 e. The number of pyridine rings is 1. The number of hydrogen-bond acceptors (Lipinski definition) is 3. The first kappa shape index (κ1) is 20.1. The molecule has 3 aromatic rings. The van der Waals surface area contributed by atoms with Crippen LogP contribution in [0.2, 0.25) is 5.15 Å². The summed E-state index contributed by atoms with van der Waals surface area (Å²) in [6.45, 7) is 1.11. The third-order valence-corrected chi connectivity index (χ3v) is 6.70. The van der Waals surface area contributed by atoms with Gasteiger partial charge < -0.3 is 10.2 Å². The van der Waals surface area contributed by atoms with E-state index in [0.717, 1.165) is 29.4 Å². The predicted molar refractivity (Wildman–Crippen MR) is 129 cm³/mol. The fourth-order valence-corrected chi connectivity index (χ4v) is 5.04. The van der Waals surface area contributed by atoms with Crippen molar-refractivity contribution >= 4 is 45.9 Å². The molecule has 5 rings (SSSR count). The zero-order valence-corrected chi connectivity index (χ0v) is 18.2. The van der Waals surface area contributed by atoms with Crippen molar-refractivity contribution in [1.82, 2.24) is 4.98 Å². The van der Waals surface area contributed by atoms with Gasteiger partial charge in [-0.1, -0.05) is 55.1 Å². The maximum Gasteiger partial charge on any atom is 0.248 e. The number of para-hydroxylation sites is 1. The Morgan fingerprint density at radius 3 is 2.81 bits per heavy atom. The number of fused-ring (bicyclic) bond motifs is 2. The van der Waals surface area contributed by atoms with Crippen LogP contribution in [-0.4, -0.2) is 23.5 Å². The Morgan fingerprint density at radius 2 is 1.94 bits per heavy atom. The number of nitrogens with zero attached hydrogens (tertiary/aromatic N) is 2. The van der Waals surface area contributed by atoms with E-state index in [1.807, 2.05) is 36.4 Å². The molecule has 31 heavy (non-hydrogen) atoms. The Kier molecular flexibility index (Phi) is 5.65. The number of nitrogens with one attached hydrogen (secondary N) is 1. The highest BCUT2D eigenvalue weighted by Gasteiger charge is 2.27. The van der Waals surface area contributed by atoms with Crippen LogP contribution in [0.4, 0.5) is 11.4 Å². The van der Waals surface area contributed by atoms with Crippen molar-refractivity contribution in [1.29, 1.82) is 0 Å². The van der Waals surface area contributed by atoms with Crippen LogP contribution in [0.25, 0.3) is 17.0 Å². The zero-order chi connectivity index (χ0) is 21.2. The van der Waals surface area contributed by atoms with Gasteiger partial charge in [-0.15, -0.1) is 0 Å².